The Morgan fingerprint density at radius 1 is 1.25 bits per heavy atom. The summed E-state index contributed by atoms with van der Waals surface area (Å²) in [6, 6.07) is 11.1. The van der Waals surface area contributed by atoms with Crippen LogP contribution >= 0.6 is 11.6 Å². The fraction of sp³-hybridized carbons (Fsp3) is 0.111. The lowest BCUT2D eigenvalue weighted by atomic mass is 10.1. The lowest BCUT2D eigenvalue weighted by Crippen LogP contribution is -2.20. The third-order valence-corrected chi connectivity index (χ3v) is 3.45. The van der Waals surface area contributed by atoms with Gasteiger partial charge in [0, 0.05) is 6.08 Å². The summed E-state index contributed by atoms with van der Waals surface area (Å²) in [5.41, 5.74) is 2.15. The molecule has 4 nitrogen and oxygen atoms in total. The Bertz CT molecular complexity index is 790. The normalized spacial score (nSPS) is 10.6. The van der Waals surface area contributed by atoms with Gasteiger partial charge in [0.05, 0.1) is 10.7 Å². The number of amides is 1. The molecular weight excluding hydrogens is 333 g/mol. The van der Waals surface area contributed by atoms with Crippen LogP contribution in [-0.2, 0) is 14.3 Å². The number of aryl methyl sites for hydroxylation is 1. The Hall–Kier alpha value is -2.66. The maximum absolute atomic E-state index is 12.9. The summed E-state index contributed by atoms with van der Waals surface area (Å²) >= 11 is 5.80. The van der Waals surface area contributed by atoms with Gasteiger partial charge in [0.25, 0.3) is 5.91 Å². The first-order chi connectivity index (χ1) is 11.5. The SMILES string of the molecule is Cc1ccccc1/C=C/C(=O)OCC(=O)Nc1ccc(F)cc1Cl. The number of carbonyl (C=O) groups is 2. The molecule has 0 heterocycles. The van der Waals surface area contributed by atoms with E-state index in [1.54, 1.807) is 6.08 Å². The van der Waals surface area contributed by atoms with Gasteiger partial charge in [0.1, 0.15) is 5.82 Å². The maximum atomic E-state index is 12.9. The second-order valence-corrected chi connectivity index (χ2v) is 5.38. The highest BCUT2D eigenvalue weighted by atomic mass is 35.5. The minimum absolute atomic E-state index is 0.0640. The van der Waals surface area contributed by atoms with Gasteiger partial charge < -0.3 is 10.1 Å². The number of hydrogen-bond acceptors (Lipinski definition) is 3. The van der Waals surface area contributed by atoms with Gasteiger partial charge in [-0.25, -0.2) is 9.18 Å². The largest absolute Gasteiger partial charge is 0.452 e. The summed E-state index contributed by atoms with van der Waals surface area (Å²) in [4.78, 5) is 23.3. The molecule has 2 aromatic rings. The molecular formula is C18H15ClFNO3. The number of halogens is 2. The fourth-order valence-corrected chi connectivity index (χ4v) is 2.11. The number of hydrogen-bond donors (Lipinski definition) is 1. The predicted molar refractivity (Wildman–Crippen MR) is 91.2 cm³/mol. The molecule has 24 heavy (non-hydrogen) atoms. The minimum Gasteiger partial charge on any atom is -0.452 e. The van der Waals surface area contributed by atoms with Crippen LogP contribution < -0.4 is 5.32 Å². The van der Waals surface area contributed by atoms with E-state index in [0.717, 1.165) is 17.2 Å². The van der Waals surface area contributed by atoms with Crippen molar-refractivity contribution in [3.8, 4) is 0 Å². The standard InChI is InChI=1S/C18H15ClFNO3/c1-12-4-2-3-5-13(12)6-9-18(23)24-11-17(22)21-16-8-7-14(20)10-15(16)19/h2-10H,11H2,1H3,(H,21,22)/b9-6+. The van der Waals surface area contributed by atoms with Gasteiger partial charge in [-0.15, -0.1) is 0 Å². The number of nitrogens with one attached hydrogen (secondary N) is 1. The molecule has 0 fully saturated rings. The molecule has 0 aliphatic heterocycles. The molecule has 1 N–H and O–H groups in total. The summed E-state index contributed by atoms with van der Waals surface area (Å²) in [6.07, 6.45) is 2.87. The minimum atomic E-state index is -0.640. The van der Waals surface area contributed by atoms with Crippen LogP contribution in [0.25, 0.3) is 6.08 Å². The molecule has 0 aliphatic rings. The molecule has 0 unspecified atom stereocenters. The van der Waals surface area contributed by atoms with Crippen molar-refractivity contribution in [3.05, 3.63) is 70.5 Å². The molecule has 1 amide bonds. The first-order valence-electron chi connectivity index (χ1n) is 7.11. The first-order valence-corrected chi connectivity index (χ1v) is 7.49. The predicted octanol–water partition coefficient (Wildman–Crippen LogP) is 3.98. The summed E-state index contributed by atoms with van der Waals surface area (Å²) < 4.78 is 17.8. The van der Waals surface area contributed by atoms with Crippen LogP contribution in [0.15, 0.2) is 48.5 Å². The number of benzene rings is 2. The van der Waals surface area contributed by atoms with E-state index in [0.29, 0.717) is 0 Å². The Morgan fingerprint density at radius 3 is 2.71 bits per heavy atom. The molecule has 0 atom stereocenters. The van der Waals surface area contributed by atoms with Crippen molar-refractivity contribution in [1.29, 1.82) is 0 Å². The van der Waals surface area contributed by atoms with Gasteiger partial charge >= 0.3 is 5.97 Å². The Morgan fingerprint density at radius 2 is 2.00 bits per heavy atom. The molecule has 2 aromatic carbocycles. The monoisotopic (exact) mass is 347 g/mol. The molecule has 0 saturated carbocycles. The van der Waals surface area contributed by atoms with Crippen molar-refractivity contribution in [1.82, 2.24) is 0 Å². The molecule has 124 valence electrons. The molecule has 0 aliphatic carbocycles. The Labute approximate surface area is 143 Å². The van der Waals surface area contributed by atoms with Gasteiger partial charge in [-0.2, -0.15) is 0 Å². The van der Waals surface area contributed by atoms with Gasteiger partial charge in [-0.3, -0.25) is 4.79 Å². The molecule has 0 aromatic heterocycles. The van der Waals surface area contributed by atoms with Crippen LogP contribution in [0, 0.1) is 12.7 Å². The van der Waals surface area contributed by atoms with Crippen LogP contribution in [0.1, 0.15) is 11.1 Å². The number of ether oxygens (including phenoxy) is 1. The van der Waals surface area contributed by atoms with E-state index in [-0.39, 0.29) is 10.7 Å². The third-order valence-electron chi connectivity index (χ3n) is 3.14. The Balaban J connectivity index is 1.85. The number of anilines is 1. The molecule has 0 bridgehead atoms. The summed E-state index contributed by atoms with van der Waals surface area (Å²) in [6.45, 7) is 1.45. The molecule has 2 rings (SSSR count). The highest BCUT2D eigenvalue weighted by Gasteiger charge is 2.09. The first kappa shape index (κ1) is 17.7. The van der Waals surface area contributed by atoms with Crippen molar-refractivity contribution in [2.45, 2.75) is 6.92 Å². The summed E-state index contributed by atoms with van der Waals surface area (Å²) in [5, 5.41) is 2.50. The molecule has 0 saturated heterocycles. The summed E-state index contributed by atoms with van der Waals surface area (Å²) in [7, 11) is 0. The number of rotatable bonds is 5. The van der Waals surface area contributed by atoms with E-state index in [4.69, 9.17) is 16.3 Å². The van der Waals surface area contributed by atoms with Gasteiger partial charge in [0.15, 0.2) is 6.61 Å². The zero-order chi connectivity index (χ0) is 17.5. The van der Waals surface area contributed by atoms with Crippen molar-refractivity contribution < 1.29 is 18.7 Å². The van der Waals surface area contributed by atoms with Crippen molar-refractivity contribution >= 4 is 35.2 Å². The number of esters is 1. The van der Waals surface area contributed by atoms with Crippen LogP contribution in [0.3, 0.4) is 0 Å². The average Bonchev–Trinajstić information content (AvgIpc) is 2.55. The topological polar surface area (TPSA) is 55.4 Å². The lowest BCUT2D eigenvalue weighted by Gasteiger charge is -2.07. The second-order valence-electron chi connectivity index (χ2n) is 4.97. The average molecular weight is 348 g/mol. The maximum Gasteiger partial charge on any atom is 0.331 e. The zero-order valence-electron chi connectivity index (χ0n) is 12.9. The molecule has 0 radical (unpaired) electrons. The van der Waals surface area contributed by atoms with E-state index in [1.807, 2.05) is 31.2 Å². The highest BCUT2D eigenvalue weighted by Crippen LogP contribution is 2.22. The fourth-order valence-electron chi connectivity index (χ4n) is 1.89. The highest BCUT2D eigenvalue weighted by molar-refractivity contribution is 6.33. The van der Waals surface area contributed by atoms with Crippen LogP contribution in [0.4, 0.5) is 10.1 Å². The number of carbonyl (C=O) groups excluding carboxylic acids is 2. The molecule has 6 heteroatoms. The van der Waals surface area contributed by atoms with Crippen LogP contribution in [0.2, 0.25) is 5.02 Å². The smallest absolute Gasteiger partial charge is 0.331 e. The van der Waals surface area contributed by atoms with Crippen molar-refractivity contribution in [2.75, 3.05) is 11.9 Å². The van der Waals surface area contributed by atoms with Crippen LogP contribution in [-0.4, -0.2) is 18.5 Å². The van der Waals surface area contributed by atoms with E-state index in [1.165, 1.54) is 18.2 Å². The van der Waals surface area contributed by atoms with Crippen molar-refractivity contribution in [2.24, 2.45) is 0 Å². The van der Waals surface area contributed by atoms with Gasteiger partial charge in [-0.05, 0) is 42.3 Å². The summed E-state index contributed by atoms with van der Waals surface area (Å²) in [5.74, 6) is -1.72. The third kappa shape index (κ3) is 5.21. The van der Waals surface area contributed by atoms with Gasteiger partial charge in [0.2, 0.25) is 0 Å². The van der Waals surface area contributed by atoms with E-state index < -0.39 is 24.3 Å². The van der Waals surface area contributed by atoms with Gasteiger partial charge in [-0.1, -0.05) is 35.9 Å². The quantitative estimate of drug-likeness (QED) is 0.657. The van der Waals surface area contributed by atoms with Crippen LogP contribution in [0.5, 0.6) is 0 Å². The Kier molecular flexibility index (Phi) is 6.09. The lowest BCUT2D eigenvalue weighted by molar-refractivity contribution is -0.142. The van der Waals surface area contributed by atoms with Crippen molar-refractivity contribution in [3.63, 3.8) is 0 Å². The van der Waals surface area contributed by atoms with E-state index >= 15 is 0 Å². The molecule has 0 spiro atoms. The van der Waals surface area contributed by atoms with E-state index in [2.05, 4.69) is 5.32 Å². The zero-order valence-corrected chi connectivity index (χ0v) is 13.6. The second kappa shape index (κ2) is 8.26. The van der Waals surface area contributed by atoms with E-state index in [9.17, 15) is 14.0 Å².